The molecule has 3 rings (SSSR count). The molecular formula is C17H20N4O6S. The third-order valence-corrected chi connectivity index (χ3v) is 4.99. The highest BCUT2D eigenvalue weighted by molar-refractivity contribution is 7.88. The third-order valence-electron chi connectivity index (χ3n) is 4.32. The van der Waals surface area contributed by atoms with Gasteiger partial charge in [0.2, 0.25) is 27.6 Å². The molecule has 10 nitrogen and oxygen atoms in total. The summed E-state index contributed by atoms with van der Waals surface area (Å²) in [4.78, 5) is 42.2. The summed E-state index contributed by atoms with van der Waals surface area (Å²) in [5, 5.41) is 2.50. The van der Waals surface area contributed by atoms with E-state index in [1.165, 1.54) is 4.90 Å². The number of amides is 2. The fourth-order valence-corrected chi connectivity index (χ4v) is 3.37. The lowest BCUT2D eigenvalue weighted by molar-refractivity contribution is -0.137. The molecule has 0 bridgehead atoms. The zero-order valence-corrected chi connectivity index (χ0v) is 16.0. The molecule has 1 aromatic heterocycles. The van der Waals surface area contributed by atoms with E-state index in [1.807, 2.05) is 0 Å². The van der Waals surface area contributed by atoms with Gasteiger partial charge in [0, 0.05) is 6.54 Å². The molecule has 2 heterocycles. The number of nitrogens with one attached hydrogen (secondary N) is 2. The molecule has 2 N–H and O–H groups in total. The molecular weight excluding hydrogens is 388 g/mol. The Morgan fingerprint density at radius 1 is 1.25 bits per heavy atom. The van der Waals surface area contributed by atoms with E-state index in [0.29, 0.717) is 30.5 Å². The summed E-state index contributed by atoms with van der Waals surface area (Å²) >= 11 is 0. The number of nitrogens with zero attached hydrogens (tertiary/aromatic N) is 2. The molecule has 1 atom stereocenters. The van der Waals surface area contributed by atoms with Gasteiger partial charge in [-0.2, -0.15) is 0 Å². The minimum atomic E-state index is -3.51. The van der Waals surface area contributed by atoms with E-state index in [0.717, 1.165) is 6.26 Å². The number of rotatable bonds is 7. The predicted molar refractivity (Wildman–Crippen MR) is 98.9 cm³/mol. The molecule has 2 aromatic rings. The van der Waals surface area contributed by atoms with Gasteiger partial charge in [0.1, 0.15) is 11.6 Å². The SMILES string of the molecule is CS(=O)(=O)NCC(=O)N1CCCC1C(=O)NCC(=O)c1nc2ccccc2o1. The van der Waals surface area contributed by atoms with Gasteiger partial charge in [-0.05, 0) is 25.0 Å². The fraction of sp³-hybridized carbons (Fsp3) is 0.412. The number of likely N-dealkylation sites (tertiary alicyclic amines) is 1. The molecule has 1 aromatic carbocycles. The van der Waals surface area contributed by atoms with Crippen LogP contribution in [0, 0.1) is 0 Å². The average molecular weight is 408 g/mol. The second-order valence-corrected chi connectivity index (χ2v) is 8.30. The number of hydrogen-bond acceptors (Lipinski definition) is 7. The van der Waals surface area contributed by atoms with E-state index < -0.39 is 40.2 Å². The van der Waals surface area contributed by atoms with Crippen molar-refractivity contribution in [2.45, 2.75) is 18.9 Å². The van der Waals surface area contributed by atoms with Gasteiger partial charge in [0.05, 0.1) is 19.3 Å². The number of aromatic nitrogens is 1. The first kappa shape index (κ1) is 20.0. The molecule has 0 radical (unpaired) electrons. The Bertz CT molecular complexity index is 983. The summed E-state index contributed by atoms with van der Waals surface area (Å²) in [5.41, 5.74) is 1.02. The van der Waals surface area contributed by atoms with Crippen LogP contribution in [0.2, 0.25) is 0 Å². The minimum Gasteiger partial charge on any atom is -0.434 e. The van der Waals surface area contributed by atoms with Crippen LogP contribution in [-0.4, -0.2) is 67.8 Å². The maximum atomic E-state index is 12.4. The molecule has 1 fully saturated rings. The maximum Gasteiger partial charge on any atom is 0.266 e. The van der Waals surface area contributed by atoms with E-state index in [4.69, 9.17) is 4.42 Å². The zero-order chi connectivity index (χ0) is 20.3. The predicted octanol–water partition coefficient (Wildman–Crippen LogP) is -0.333. The monoisotopic (exact) mass is 408 g/mol. The Morgan fingerprint density at radius 3 is 2.71 bits per heavy atom. The number of fused-ring (bicyclic) bond motifs is 1. The number of carbonyl (C=O) groups excluding carboxylic acids is 3. The standard InChI is InChI=1S/C17H20N4O6S/c1-28(25,26)19-10-15(23)21-8-4-6-12(21)16(24)18-9-13(22)17-20-11-5-2-3-7-14(11)27-17/h2-3,5,7,12,19H,4,6,8-10H2,1H3,(H,18,24). The zero-order valence-electron chi connectivity index (χ0n) is 15.2. The van der Waals surface area contributed by atoms with Crippen molar-refractivity contribution in [1.29, 1.82) is 0 Å². The number of benzene rings is 1. The van der Waals surface area contributed by atoms with Crippen molar-refractivity contribution >= 4 is 38.7 Å². The normalized spacial score (nSPS) is 17.0. The molecule has 11 heteroatoms. The third kappa shape index (κ3) is 4.73. The Labute approximate surface area is 161 Å². The molecule has 0 aliphatic carbocycles. The summed E-state index contributed by atoms with van der Waals surface area (Å²) in [6, 6.07) is 6.18. The second-order valence-electron chi connectivity index (χ2n) is 6.47. The number of carbonyl (C=O) groups is 3. The van der Waals surface area contributed by atoms with Crippen molar-refractivity contribution in [3.63, 3.8) is 0 Å². The van der Waals surface area contributed by atoms with Gasteiger partial charge < -0.3 is 14.6 Å². The number of hydrogen-bond donors (Lipinski definition) is 2. The van der Waals surface area contributed by atoms with Crippen LogP contribution in [0.4, 0.5) is 0 Å². The minimum absolute atomic E-state index is 0.0989. The van der Waals surface area contributed by atoms with Crippen LogP contribution in [-0.2, 0) is 19.6 Å². The largest absolute Gasteiger partial charge is 0.434 e. The van der Waals surface area contributed by atoms with E-state index in [-0.39, 0.29) is 12.4 Å². The molecule has 150 valence electrons. The highest BCUT2D eigenvalue weighted by Crippen LogP contribution is 2.18. The van der Waals surface area contributed by atoms with Crippen LogP contribution in [0.5, 0.6) is 0 Å². The maximum absolute atomic E-state index is 12.4. The van der Waals surface area contributed by atoms with Gasteiger partial charge in [-0.3, -0.25) is 14.4 Å². The lowest BCUT2D eigenvalue weighted by Crippen LogP contribution is -2.49. The van der Waals surface area contributed by atoms with Crippen molar-refractivity contribution in [3.8, 4) is 0 Å². The van der Waals surface area contributed by atoms with E-state index in [9.17, 15) is 22.8 Å². The van der Waals surface area contributed by atoms with Crippen molar-refractivity contribution < 1.29 is 27.2 Å². The number of oxazole rings is 1. The highest BCUT2D eigenvalue weighted by Gasteiger charge is 2.34. The number of Topliss-reactive ketones (excluding diaryl/α,β-unsaturated/α-hetero) is 1. The van der Waals surface area contributed by atoms with Gasteiger partial charge in [-0.25, -0.2) is 18.1 Å². The van der Waals surface area contributed by atoms with Gasteiger partial charge in [0.15, 0.2) is 5.58 Å². The molecule has 28 heavy (non-hydrogen) atoms. The summed E-state index contributed by atoms with van der Waals surface area (Å²) < 4.78 is 29.7. The van der Waals surface area contributed by atoms with Gasteiger partial charge in [-0.1, -0.05) is 12.1 Å². The highest BCUT2D eigenvalue weighted by atomic mass is 32.2. The summed E-state index contributed by atoms with van der Waals surface area (Å²) in [7, 11) is -3.51. The van der Waals surface area contributed by atoms with E-state index >= 15 is 0 Å². The summed E-state index contributed by atoms with van der Waals surface area (Å²) in [6.07, 6.45) is 2.00. The van der Waals surface area contributed by atoms with E-state index in [1.54, 1.807) is 24.3 Å². The summed E-state index contributed by atoms with van der Waals surface area (Å²) in [5.74, 6) is -1.56. The fourth-order valence-electron chi connectivity index (χ4n) is 2.98. The number of ketones is 1. The Balaban J connectivity index is 1.57. The average Bonchev–Trinajstić information content (AvgIpc) is 3.30. The second kappa shape index (κ2) is 8.07. The Kier molecular flexibility index (Phi) is 5.75. The van der Waals surface area contributed by atoms with Crippen LogP contribution >= 0.6 is 0 Å². The molecule has 1 aliphatic rings. The molecule has 1 aliphatic heterocycles. The van der Waals surface area contributed by atoms with Crippen molar-refractivity contribution in [1.82, 2.24) is 19.9 Å². The van der Waals surface area contributed by atoms with Crippen LogP contribution in [0.25, 0.3) is 11.1 Å². The summed E-state index contributed by atoms with van der Waals surface area (Å²) in [6.45, 7) is -0.377. The topological polar surface area (TPSA) is 139 Å². The molecule has 1 saturated heterocycles. The van der Waals surface area contributed by atoms with Crippen LogP contribution < -0.4 is 10.0 Å². The first-order chi connectivity index (χ1) is 13.2. The van der Waals surface area contributed by atoms with Crippen LogP contribution in [0.3, 0.4) is 0 Å². The Morgan fingerprint density at radius 2 is 2.00 bits per heavy atom. The Hall–Kier alpha value is -2.79. The quantitative estimate of drug-likeness (QED) is 0.598. The van der Waals surface area contributed by atoms with Crippen molar-refractivity contribution in [3.05, 3.63) is 30.2 Å². The molecule has 1 unspecified atom stereocenters. The molecule has 0 spiro atoms. The van der Waals surface area contributed by atoms with Gasteiger partial charge in [0.25, 0.3) is 5.89 Å². The number of sulfonamides is 1. The first-order valence-corrected chi connectivity index (χ1v) is 10.5. The molecule has 2 amide bonds. The van der Waals surface area contributed by atoms with Crippen LogP contribution in [0.1, 0.15) is 23.5 Å². The number of para-hydroxylation sites is 2. The van der Waals surface area contributed by atoms with Gasteiger partial charge >= 0.3 is 0 Å². The smallest absolute Gasteiger partial charge is 0.266 e. The lowest BCUT2D eigenvalue weighted by Gasteiger charge is -2.23. The van der Waals surface area contributed by atoms with Crippen molar-refractivity contribution in [2.24, 2.45) is 0 Å². The van der Waals surface area contributed by atoms with Gasteiger partial charge in [-0.15, -0.1) is 0 Å². The first-order valence-electron chi connectivity index (χ1n) is 8.65. The van der Waals surface area contributed by atoms with Crippen LogP contribution in [0.15, 0.2) is 28.7 Å². The van der Waals surface area contributed by atoms with Crippen molar-refractivity contribution in [2.75, 3.05) is 25.9 Å². The lowest BCUT2D eigenvalue weighted by atomic mass is 10.2. The van der Waals surface area contributed by atoms with E-state index in [2.05, 4.69) is 15.0 Å². The molecule has 0 saturated carbocycles.